The molecule has 0 heterocycles. The van der Waals surface area contributed by atoms with Crippen LogP contribution < -0.4 is 5.73 Å². The maximum atomic E-state index is 8.90. The molecule has 0 amide bonds. The fourth-order valence-corrected chi connectivity index (χ4v) is 1.04. The Morgan fingerprint density at radius 3 is 2.36 bits per heavy atom. The Hall–Kier alpha value is -0.860. The van der Waals surface area contributed by atoms with Crippen molar-refractivity contribution < 1.29 is 5.11 Å². The van der Waals surface area contributed by atoms with Gasteiger partial charge in [0, 0.05) is 12.5 Å². The quantitative estimate of drug-likeness (QED) is 0.668. The van der Waals surface area contributed by atoms with Gasteiger partial charge in [0.2, 0.25) is 0 Å². The summed E-state index contributed by atoms with van der Waals surface area (Å²) in [6.45, 7) is 0.626. The van der Waals surface area contributed by atoms with Crippen LogP contribution in [-0.2, 0) is 0 Å². The number of rotatable bonds is 3. The topological polar surface area (TPSA) is 46.2 Å². The molecule has 0 spiro atoms. The number of benzene rings is 1. The predicted molar refractivity (Wildman–Crippen MR) is 45.3 cm³/mol. The Bertz CT molecular complexity index is 194. The summed E-state index contributed by atoms with van der Waals surface area (Å²) in [5.41, 5.74) is 6.56. The second-order valence-electron chi connectivity index (χ2n) is 2.53. The molecule has 0 aromatic heterocycles. The minimum atomic E-state index is 0.0937. The summed E-state index contributed by atoms with van der Waals surface area (Å²) in [6.07, 6.45) is 0. The van der Waals surface area contributed by atoms with Crippen LogP contribution in [0, 0.1) is 0 Å². The van der Waals surface area contributed by atoms with Crippen LogP contribution in [0.1, 0.15) is 11.5 Å². The van der Waals surface area contributed by atoms with Crippen LogP contribution in [0.25, 0.3) is 0 Å². The Labute approximate surface area is 66.7 Å². The van der Waals surface area contributed by atoms with Crippen molar-refractivity contribution in [2.45, 2.75) is 5.92 Å². The van der Waals surface area contributed by atoms with E-state index < -0.39 is 0 Å². The SMILES string of the molecule is NC[C@H](CO)c1ccccc1. The highest BCUT2D eigenvalue weighted by Gasteiger charge is 2.05. The van der Waals surface area contributed by atoms with Gasteiger partial charge in [0.15, 0.2) is 0 Å². The first kappa shape index (κ1) is 8.24. The van der Waals surface area contributed by atoms with E-state index in [2.05, 4.69) is 0 Å². The van der Waals surface area contributed by atoms with Crippen LogP contribution in [0.5, 0.6) is 0 Å². The van der Waals surface area contributed by atoms with Crippen LogP contribution in [0.15, 0.2) is 30.3 Å². The second-order valence-corrected chi connectivity index (χ2v) is 2.53. The van der Waals surface area contributed by atoms with Crippen molar-refractivity contribution in [1.29, 1.82) is 0 Å². The Balaban J connectivity index is 2.74. The van der Waals surface area contributed by atoms with Gasteiger partial charge < -0.3 is 10.8 Å². The molecule has 0 aliphatic rings. The molecule has 1 atom stereocenters. The molecule has 11 heavy (non-hydrogen) atoms. The van der Waals surface area contributed by atoms with Gasteiger partial charge in [0.05, 0.1) is 6.61 Å². The zero-order valence-corrected chi connectivity index (χ0v) is 6.40. The molecule has 1 aromatic carbocycles. The van der Waals surface area contributed by atoms with Gasteiger partial charge >= 0.3 is 0 Å². The van der Waals surface area contributed by atoms with E-state index in [1.54, 1.807) is 0 Å². The molecule has 0 saturated heterocycles. The largest absolute Gasteiger partial charge is 0.396 e. The van der Waals surface area contributed by atoms with Crippen molar-refractivity contribution in [2.75, 3.05) is 13.2 Å². The van der Waals surface area contributed by atoms with E-state index in [4.69, 9.17) is 10.8 Å². The molecule has 2 heteroatoms. The first-order valence-corrected chi connectivity index (χ1v) is 3.74. The monoisotopic (exact) mass is 151 g/mol. The van der Waals surface area contributed by atoms with Gasteiger partial charge in [-0.15, -0.1) is 0 Å². The normalized spacial score (nSPS) is 12.9. The maximum absolute atomic E-state index is 8.90. The molecule has 0 aliphatic carbocycles. The molecule has 0 bridgehead atoms. The lowest BCUT2D eigenvalue weighted by Crippen LogP contribution is -2.15. The van der Waals surface area contributed by atoms with Gasteiger partial charge in [-0.3, -0.25) is 0 Å². The summed E-state index contributed by atoms with van der Waals surface area (Å²) in [5, 5.41) is 8.90. The van der Waals surface area contributed by atoms with E-state index in [0.717, 1.165) is 5.56 Å². The lowest BCUT2D eigenvalue weighted by molar-refractivity contribution is 0.268. The Morgan fingerprint density at radius 1 is 1.27 bits per heavy atom. The van der Waals surface area contributed by atoms with Gasteiger partial charge in [-0.05, 0) is 5.56 Å². The van der Waals surface area contributed by atoms with Crippen LogP contribution in [-0.4, -0.2) is 18.3 Å². The molecule has 0 fully saturated rings. The fourth-order valence-electron chi connectivity index (χ4n) is 1.04. The lowest BCUT2D eigenvalue weighted by Gasteiger charge is -2.10. The molecule has 0 saturated carbocycles. The average molecular weight is 151 g/mol. The fraction of sp³-hybridized carbons (Fsp3) is 0.333. The number of hydrogen-bond acceptors (Lipinski definition) is 2. The van der Waals surface area contributed by atoms with Crippen LogP contribution in [0.4, 0.5) is 0 Å². The molecule has 2 nitrogen and oxygen atoms in total. The van der Waals surface area contributed by atoms with Gasteiger partial charge in [-0.1, -0.05) is 30.3 Å². The van der Waals surface area contributed by atoms with Crippen molar-refractivity contribution in [3.63, 3.8) is 0 Å². The number of aliphatic hydroxyl groups is 1. The zero-order chi connectivity index (χ0) is 8.10. The standard InChI is InChI=1S/C9H13NO/c10-6-9(7-11)8-4-2-1-3-5-8/h1-5,9,11H,6-7,10H2/t9-/m1/s1. The molecule has 0 radical (unpaired) electrons. The third-order valence-corrected chi connectivity index (χ3v) is 1.78. The van der Waals surface area contributed by atoms with E-state index in [0.29, 0.717) is 6.54 Å². The van der Waals surface area contributed by atoms with Gasteiger partial charge in [-0.2, -0.15) is 0 Å². The third kappa shape index (κ3) is 2.03. The summed E-state index contributed by atoms with van der Waals surface area (Å²) in [6, 6.07) is 9.82. The maximum Gasteiger partial charge on any atom is 0.0511 e. The molecule has 0 aliphatic heterocycles. The van der Waals surface area contributed by atoms with Gasteiger partial charge in [0.25, 0.3) is 0 Å². The molecule has 1 rings (SSSR count). The van der Waals surface area contributed by atoms with Crippen molar-refractivity contribution in [3.05, 3.63) is 35.9 Å². The Kier molecular flexibility index (Phi) is 3.08. The van der Waals surface area contributed by atoms with Crippen LogP contribution in [0.2, 0.25) is 0 Å². The molecular formula is C9H13NO. The number of nitrogens with two attached hydrogens (primary N) is 1. The molecular weight excluding hydrogens is 138 g/mol. The van der Waals surface area contributed by atoms with E-state index in [9.17, 15) is 0 Å². The summed E-state index contributed by atoms with van der Waals surface area (Å²) in [4.78, 5) is 0. The highest BCUT2D eigenvalue weighted by Crippen LogP contribution is 2.12. The van der Waals surface area contributed by atoms with E-state index in [1.807, 2.05) is 30.3 Å². The molecule has 3 N–H and O–H groups in total. The highest BCUT2D eigenvalue weighted by molar-refractivity contribution is 5.19. The predicted octanol–water partition coefficient (Wildman–Crippen LogP) is 0.721. The van der Waals surface area contributed by atoms with E-state index in [1.165, 1.54) is 0 Å². The summed E-state index contributed by atoms with van der Waals surface area (Å²) in [5.74, 6) is 0.0937. The molecule has 60 valence electrons. The molecule has 1 aromatic rings. The van der Waals surface area contributed by atoms with Crippen molar-refractivity contribution in [2.24, 2.45) is 5.73 Å². The van der Waals surface area contributed by atoms with Crippen molar-refractivity contribution >= 4 is 0 Å². The van der Waals surface area contributed by atoms with Crippen LogP contribution in [0.3, 0.4) is 0 Å². The number of hydrogen-bond donors (Lipinski definition) is 2. The molecule has 0 unspecified atom stereocenters. The minimum Gasteiger partial charge on any atom is -0.396 e. The minimum absolute atomic E-state index is 0.0937. The summed E-state index contributed by atoms with van der Waals surface area (Å²) in [7, 11) is 0. The third-order valence-electron chi connectivity index (χ3n) is 1.78. The van der Waals surface area contributed by atoms with Crippen molar-refractivity contribution in [1.82, 2.24) is 0 Å². The van der Waals surface area contributed by atoms with Gasteiger partial charge in [-0.25, -0.2) is 0 Å². The Morgan fingerprint density at radius 2 is 1.91 bits per heavy atom. The smallest absolute Gasteiger partial charge is 0.0511 e. The second kappa shape index (κ2) is 4.11. The zero-order valence-electron chi connectivity index (χ0n) is 6.40. The first-order valence-electron chi connectivity index (χ1n) is 3.74. The van der Waals surface area contributed by atoms with E-state index in [-0.39, 0.29) is 12.5 Å². The van der Waals surface area contributed by atoms with Crippen molar-refractivity contribution in [3.8, 4) is 0 Å². The van der Waals surface area contributed by atoms with Gasteiger partial charge in [0.1, 0.15) is 0 Å². The van der Waals surface area contributed by atoms with Crippen LogP contribution >= 0.6 is 0 Å². The number of aliphatic hydroxyl groups excluding tert-OH is 1. The average Bonchev–Trinajstić information content (AvgIpc) is 2.09. The first-order chi connectivity index (χ1) is 5.38. The summed E-state index contributed by atoms with van der Waals surface area (Å²) < 4.78 is 0. The lowest BCUT2D eigenvalue weighted by atomic mass is 10.0. The highest BCUT2D eigenvalue weighted by atomic mass is 16.3. The summed E-state index contributed by atoms with van der Waals surface area (Å²) >= 11 is 0. The van der Waals surface area contributed by atoms with E-state index >= 15 is 0 Å².